The molecule has 0 aromatic carbocycles. The van der Waals surface area contributed by atoms with Crippen LogP contribution >= 0.6 is 0 Å². The van der Waals surface area contributed by atoms with Gasteiger partial charge in [0.1, 0.15) is 13.1 Å². The zero-order chi connectivity index (χ0) is 20.3. The number of nitrogens with zero attached hydrogens (tertiary/aromatic N) is 1. The second-order valence-electron chi connectivity index (χ2n) is 5.88. The maximum Gasteiger partial charge on any atom is 0.460 e. The first kappa shape index (κ1) is 23.5. The number of hydrogen-bond donors (Lipinski definition) is 0. The Kier molecular flexibility index (Phi) is 6.93. The van der Waals surface area contributed by atoms with Gasteiger partial charge in [-0.2, -0.15) is 39.5 Å². The van der Waals surface area contributed by atoms with Crippen molar-refractivity contribution in [2.24, 2.45) is 0 Å². The Labute approximate surface area is 136 Å². The van der Waals surface area contributed by atoms with E-state index in [9.17, 15) is 49.1 Å². The molecule has 0 aliphatic rings. The molecule has 0 radical (unpaired) electrons. The summed E-state index contributed by atoms with van der Waals surface area (Å²) in [6.45, 7) is -1.50. The van der Waals surface area contributed by atoms with Crippen molar-refractivity contribution in [1.82, 2.24) is 0 Å². The molecule has 0 amide bonds. The first-order valence-electron chi connectivity index (χ1n) is 6.50. The summed E-state index contributed by atoms with van der Waals surface area (Å²) in [5.41, 5.74) is 0. The van der Waals surface area contributed by atoms with Gasteiger partial charge < -0.3 is 9.22 Å². The molecule has 0 spiro atoms. The number of ether oxygens (including phenoxy) is 1. The van der Waals surface area contributed by atoms with Crippen molar-refractivity contribution >= 4 is 12.8 Å². The average molecular weight is 392 g/mol. The van der Waals surface area contributed by atoms with Crippen LogP contribution in [0.3, 0.4) is 0 Å². The number of quaternary nitrogens is 1. The molecule has 4 nitrogen and oxygen atoms in total. The van der Waals surface area contributed by atoms with Crippen LogP contribution in [-0.4, -0.2) is 74.5 Å². The van der Waals surface area contributed by atoms with Crippen LogP contribution in [-0.2, 0) is 14.3 Å². The molecule has 1 unspecified atom stereocenters. The Balaban J connectivity index is 5.59. The highest BCUT2D eigenvalue weighted by molar-refractivity contribution is 5.50. The van der Waals surface area contributed by atoms with Crippen LogP contribution in [0.1, 0.15) is 6.42 Å². The average Bonchev–Trinajstić information content (AvgIpc) is 2.35. The molecule has 0 saturated carbocycles. The first-order valence-corrected chi connectivity index (χ1v) is 6.50. The Bertz CT molecular complexity index is 477. The lowest BCUT2D eigenvalue weighted by Crippen LogP contribution is -2.62. The molecule has 0 aromatic rings. The SMILES string of the molecule is C[N+](C)(CC=O)CC(CC(F)(F)C(F)(F)C(F)(F)C(F)(F)F)OC=O. The van der Waals surface area contributed by atoms with Gasteiger partial charge in [-0.05, 0) is 0 Å². The van der Waals surface area contributed by atoms with Crippen LogP contribution < -0.4 is 0 Å². The number of aldehydes is 1. The highest BCUT2D eigenvalue weighted by atomic mass is 19.4. The zero-order valence-corrected chi connectivity index (χ0v) is 12.9. The van der Waals surface area contributed by atoms with Gasteiger partial charge in [0.05, 0.1) is 20.5 Å². The maximum absolute atomic E-state index is 13.6. The van der Waals surface area contributed by atoms with Gasteiger partial charge in [0.2, 0.25) is 0 Å². The zero-order valence-electron chi connectivity index (χ0n) is 12.9. The van der Waals surface area contributed by atoms with Gasteiger partial charge in [-0.1, -0.05) is 0 Å². The molecule has 0 aliphatic carbocycles. The third-order valence-corrected chi connectivity index (χ3v) is 3.21. The van der Waals surface area contributed by atoms with Gasteiger partial charge in [0.15, 0.2) is 12.4 Å². The molecule has 148 valence electrons. The van der Waals surface area contributed by atoms with E-state index < -0.39 is 54.0 Å². The van der Waals surface area contributed by atoms with Crippen LogP contribution in [0.15, 0.2) is 0 Å². The number of hydrogen-bond acceptors (Lipinski definition) is 3. The van der Waals surface area contributed by atoms with Crippen molar-refractivity contribution in [3.8, 4) is 0 Å². The molecule has 0 rings (SSSR count). The summed E-state index contributed by atoms with van der Waals surface area (Å²) in [4.78, 5) is 20.7. The Morgan fingerprint density at radius 1 is 0.920 bits per heavy atom. The van der Waals surface area contributed by atoms with E-state index in [1.165, 1.54) is 14.1 Å². The van der Waals surface area contributed by atoms with Gasteiger partial charge in [-0.3, -0.25) is 9.59 Å². The molecule has 1 atom stereocenters. The van der Waals surface area contributed by atoms with Crippen molar-refractivity contribution in [2.45, 2.75) is 36.5 Å². The largest absolute Gasteiger partial charge is 0.460 e. The number of likely N-dealkylation sites (N-methyl/N-ethyl adjacent to an activating group) is 1. The summed E-state index contributed by atoms with van der Waals surface area (Å²) >= 11 is 0. The lowest BCUT2D eigenvalue weighted by molar-refractivity contribution is -0.884. The van der Waals surface area contributed by atoms with Crippen molar-refractivity contribution in [1.29, 1.82) is 0 Å². The lowest BCUT2D eigenvalue weighted by atomic mass is 9.98. The standard InChI is InChI=1S/C12H15F9NO3/c1-22(2,3-4-23)6-8(25-7-24)5-9(13,14)10(15,16)11(17,18)12(19,20)21/h4,7-8H,3,5-6H2,1-2H3/q+1. The van der Waals surface area contributed by atoms with Crippen molar-refractivity contribution < 1.29 is 58.3 Å². The van der Waals surface area contributed by atoms with Gasteiger partial charge in [0, 0.05) is 0 Å². The summed E-state index contributed by atoms with van der Waals surface area (Å²) in [5.74, 6) is -19.7. The molecule has 0 heterocycles. The van der Waals surface area contributed by atoms with Crippen molar-refractivity contribution in [2.75, 3.05) is 27.2 Å². The number of carbonyl (C=O) groups excluding carboxylic acids is 2. The highest BCUT2D eigenvalue weighted by Gasteiger charge is 2.81. The molecule has 0 aliphatic heterocycles. The van der Waals surface area contributed by atoms with Crippen molar-refractivity contribution in [3.05, 3.63) is 0 Å². The van der Waals surface area contributed by atoms with E-state index in [1.807, 2.05) is 0 Å². The molecule has 13 heteroatoms. The number of carbonyl (C=O) groups is 2. The number of alkyl halides is 9. The quantitative estimate of drug-likeness (QED) is 0.326. The summed E-state index contributed by atoms with van der Waals surface area (Å²) in [6.07, 6.45) is -11.0. The fourth-order valence-corrected chi connectivity index (χ4v) is 1.88. The van der Waals surface area contributed by atoms with E-state index in [-0.39, 0.29) is 6.54 Å². The molecule has 0 fully saturated rings. The van der Waals surface area contributed by atoms with E-state index in [2.05, 4.69) is 4.74 Å². The molecule has 0 N–H and O–H groups in total. The summed E-state index contributed by atoms with van der Waals surface area (Å²) < 4.78 is 119. The lowest BCUT2D eigenvalue weighted by Gasteiger charge is -2.36. The second kappa shape index (κ2) is 7.38. The monoisotopic (exact) mass is 392 g/mol. The fraction of sp³-hybridized carbons (Fsp3) is 0.833. The van der Waals surface area contributed by atoms with Crippen LogP contribution in [0.4, 0.5) is 39.5 Å². The number of halogens is 9. The molecular formula is C12H15F9NO3+. The number of rotatable bonds is 10. The van der Waals surface area contributed by atoms with E-state index in [1.54, 1.807) is 0 Å². The van der Waals surface area contributed by atoms with Crippen LogP contribution in [0.25, 0.3) is 0 Å². The molecular weight excluding hydrogens is 377 g/mol. The third kappa shape index (κ3) is 5.22. The second-order valence-corrected chi connectivity index (χ2v) is 5.88. The smallest absolute Gasteiger partial charge is 0.458 e. The topological polar surface area (TPSA) is 43.4 Å². The van der Waals surface area contributed by atoms with Crippen LogP contribution in [0, 0.1) is 0 Å². The minimum Gasteiger partial charge on any atom is -0.458 e. The first-order chi connectivity index (χ1) is 10.9. The normalized spacial score (nSPS) is 15.6. The predicted molar refractivity (Wildman–Crippen MR) is 64.4 cm³/mol. The molecule has 0 saturated heterocycles. The predicted octanol–water partition coefficient (Wildman–Crippen LogP) is 2.66. The highest BCUT2D eigenvalue weighted by Crippen LogP contribution is 2.54. The molecule has 0 aromatic heterocycles. The fourth-order valence-electron chi connectivity index (χ4n) is 1.88. The van der Waals surface area contributed by atoms with Gasteiger partial charge in [-0.15, -0.1) is 0 Å². The van der Waals surface area contributed by atoms with Crippen LogP contribution in [0.5, 0.6) is 0 Å². The minimum atomic E-state index is -7.01. The van der Waals surface area contributed by atoms with Crippen molar-refractivity contribution in [3.63, 3.8) is 0 Å². The van der Waals surface area contributed by atoms with E-state index in [0.717, 1.165) is 0 Å². The third-order valence-electron chi connectivity index (χ3n) is 3.21. The Hall–Kier alpha value is -1.53. The Morgan fingerprint density at radius 2 is 1.40 bits per heavy atom. The minimum absolute atomic E-state index is 0.322. The van der Waals surface area contributed by atoms with Crippen LogP contribution in [0.2, 0.25) is 0 Å². The van der Waals surface area contributed by atoms with E-state index in [0.29, 0.717) is 6.29 Å². The van der Waals surface area contributed by atoms with Gasteiger partial charge in [-0.25, -0.2) is 0 Å². The summed E-state index contributed by atoms with van der Waals surface area (Å²) in [6, 6.07) is 0. The molecule has 25 heavy (non-hydrogen) atoms. The summed E-state index contributed by atoms with van der Waals surface area (Å²) in [7, 11) is 2.46. The van der Waals surface area contributed by atoms with E-state index >= 15 is 0 Å². The molecule has 0 bridgehead atoms. The van der Waals surface area contributed by atoms with E-state index in [4.69, 9.17) is 0 Å². The Morgan fingerprint density at radius 3 is 1.76 bits per heavy atom. The van der Waals surface area contributed by atoms with Gasteiger partial charge in [0.25, 0.3) is 6.47 Å². The summed E-state index contributed by atoms with van der Waals surface area (Å²) in [5, 5.41) is 0. The maximum atomic E-state index is 13.6. The van der Waals surface area contributed by atoms with Gasteiger partial charge >= 0.3 is 23.9 Å².